The van der Waals surface area contributed by atoms with Crippen LogP contribution in [0.1, 0.15) is 24.8 Å². The molecule has 0 aliphatic carbocycles. The van der Waals surface area contributed by atoms with Gasteiger partial charge in [-0.3, -0.25) is 4.79 Å². The van der Waals surface area contributed by atoms with E-state index in [1.54, 1.807) is 6.07 Å². The van der Waals surface area contributed by atoms with Gasteiger partial charge in [-0.1, -0.05) is 29.3 Å². The second-order valence-corrected chi connectivity index (χ2v) is 5.68. The number of halogens is 2. The van der Waals surface area contributed by atoms with E-state index in [1.807, 2.05) is 12.1 Å². The monoisotopic (exact) mass is 300 g/mol. The molecule has 19 heavy (non-hydrogen) atoms. The van der Waals surface area contributed by atoms with E-state index in [1.165, 1.54) is 6.42 Å². The van der Waals surface area contributed by atoms with Gasteiger partial charge in [-0.05, 0) is 43.5 Å². The third kappa shape index (κ3) is 4.68. The SMILES string of the molecule is O=C(CC1CCCN1)NCCc1ccc(Cl)cc1Cl. The molecule has 2 rings (SSSR count). The number of nitrogens with one attached hydrogen (secondary N) is 2. The maximum absolute atomic E-state index is 11.7. The van der Waals surface area contributed by atoms with Crippen molar-refractivity contribution in [1.29, 1.82) is 0 Å². The van der Waals surface area contributed by atoms with Crippen molar-refractivity contribution >= 4 is 29.1 Å². The summed E-state index contributed by atoms with van der Waals surface area (Å²) in [6, 6.07) is 5.78. The van der Waals surface area contributed by atoms with E-state index < -0.39 is 0 Å². The minimum Gasteiger partial charge on any atom is -0.356 e. The molecule has 1 fully saturated rings. The molecule has 1 amide bonds. The summed E-state index contributed by atoms with van der Waals surface area (Å²) in [5.41, 5.74) is 1.00. The van der Waals surface area contributed by atoms with Crippen LogP contribution in [0.15, 0.2) is 18.2 Å². The van der Waals surface area contributed by atoms with Crippen LogP contribution >= 0.6 is 23.2 Å². The van der Waals surface area contributed by atoms with Gasteiger partial charge in [0.15, 0.2) is 0 Å². The first-order valence-electron chi connectivity index (χ1n) is 6.59. The number of hydrogen-bond acceptors (Lipinski definition) is 2. The van der Waals surface area contributed by atoms with E-state index in [4.69, 9.17) is 23.2 Å². The van der Waals surface area contributed by atoms with Crippen molar-refractivity contribution < 1.29 is 4.79 Å². The average Bonchev–Trinajstić information content (AvgIpc) is 2.84. The topological polar surface area (TPSA) is 41.1 Å². The first-order chi connectivity index (χ1) is 9.15. The number of carbonyl (C=O) groups is 1. The van der Waals surface area contributed by atoms with Crippen LogP contribution in [0.3, 0.4) is 0 Å². The summed E-state index contributed by atoms with van der Waals surface area (Å²) in [7, 11) is 0. The molecule has 0 aromatic heterocycles. The van der Waals surface area contributed by atoms with Crippen LogP contribution in [-0.2, 0) is 11.2 Å². The number of rotatable bonds is 5. The van der Waals surface area contributed by atoms with Crippen molar-refractivity contribution in [1.82, 2.24) is 10.6 Å². The Hall–Kier alpha value is -0.770. The summed E-state index contributed by atoms with van der Waals surface area (Å²) in [5.74, 6) is 0.101. The molecule has 1 unspecified atom stereocenters. The van der Waals surface area contributed by atoms with E-state index in [0.29, 0.717) is 29.1 Å². The molecule has 1 aromatic rings. The van der Waals surface area contributed by atoms with Crippen molar-refractivity contribution in [2.75, 3.05) is 13.1 Å². The summed E-state index contributed by atoms with van der Waals surface area (Å²) in [6.07, 6.45) is 3.54. The summed E-state index contributed by atoms with van der Waals surface area (Å²) >= 11 is 11.9. The molecule has 0 spiro atoms. The quantitative estimate of drug-likeness (QED) is 0.878. The van der Waals surface area contributed by atoms with Gasteiger partial charge in [-0.2, -0.15) is 0 Å². The molecule has 5 heteroatoms. The molecule has 1 atom stereocenters. The van der Waals surface area contributed by atoms with Crippen molar-refractivity contribution in [2.24, 2.45) is 0 Å². The molecule has 2 N–H and O–H groups in total. The average molecular weight is 301 g/mol. The predicted molar refractivity (Wildman–Crippen MR) is 78.8 cm³/mol. The lowest BCUT2D eigenvalue weighted by Crippen LogP contribution is -2.32. The van der Waals surface area contributed by atoms with Crippen molar-refractivity contribution in [2.45, 2.75) is 31.7 Å². The van der Waals surface area contributed by atoms with E-state index >= 15 is 0 Å². The van der Waals surface area contributed by atoms with Gasteiger partial charge in [-0.15, -0.1) is 0 Å². The van der Waals surface area contributed by atoms with E-state index in [9.17, 15) is 4.79 Å². The maximum atomic E-state index is 11.7. The Labute approximate surface area is 123 Å². The molecule has 3 nitrogen and oxygen atoms in total. The Morgan fingerprint density at radius 3 is 2.95 bits per heavy atom. The standard InChI is InChI=1S/C14H18Cl2N2O/c15-11-4-3-10(13(16)8-11)5-7-18-14(19)9-12-2-1-6-17-12/h3-4,8,12,17H,1-2,5-7,9H2,(H,18,19). The van der Waals surface area contributed by atoms with Crippen molar-refractivity contribution in [3.63, 3.8) is 0 Å². The van der Waals surface area contributed by atoms with Gasteiger partial charge in [0.1, 0.15) is 0 Å². The summed E-state index contributed by atoms with van der Waals surface area (Å²) < 4.78 is 0. The molecule has 0 saturated carbocycles. The number of hydrogen-bond donors (Lipinski definition) is 2. The molecular formula is C14H18Cl2N2O. The second kappa shape index (κ2) is 7.13. The molecular weight excluding hydrogens is 283 g/mol. The first-order valence-corrected chi connectivity index (χ1v) is 7.35. The van der Waals surface area contributed by atoms with Gasteiger partial charge in [0.2, 0.25) is 5.91 Å². The molecule has 104 valence electrons. The van der Waals surface area contributed by atoms with E-state index in [-0.39, 0.29) is 5.91 Å². The van der Waals surface area contributed by atoms with E-state index in [0.717, 1.165) is 24.9 Å². The van der Waals surface area contributed by atoms with Gasteiger partial charge in [0.25, 0.3) is 0 Å². The Kier molecular flexibility index (Phi) is 5.49. The van der Waals surface area contributed by atoms with Gasteiger partial charge in [0, 0.05) is 29.1 Å². The first kappa shape index (κ1) is 14.6. The normalized spacial score (nSPS) is 18.5. The Morgan fingerprint density at radius 2 is 2.26 bits per heavy atom. The Morgan fingerprint density at radius 1 is 1.42 bits per heavy atom. The zero-order chi connectivity index (χ0) is 13.7. The lowest BCUT2D eigenvalue weighted by Gasteiger charge is -2.11. The summed E-state index contributed by atoms with van der Waals surface area (Å²) in [6.45, 7) is 1.63. The summed E-state index contributed by atoms with van der Waals surface area (Å²) in [5, 5.41) is 7.53. The zero-order valence-corrected chi connectivity index (χ0v) is 12.2. The van der Waals surface area contributed by atoms with Gasteiger partial charge in [-0.25, -0.2) is 0 Å². The smallest absolute Gasteiger partial charge is 0.221 e. The van der Waals surface area contributed by atoms with Crippen LogP contribution < -0.4 is 10.6 Å². The fourth-order valence-corrected chi connectivity index (χ4v) is 2.79. The lowest BCUT2D eigenvalue weighted by atomic mass is 10.1. The van der Waals surface area contributed by atoms with Crippen LogP contribution in [0.2, 0.25) is 10.0 Å². The number of amides is 1. The minimum atomic E-state index is 0.101. The molecule has 1 aromatic carbocycles. The summed E-state index contributed by atoms with van der Waals surface area (Å²) in [4.78, 5) is 11.7. The third-order valence-corrected chi connectivity index (χ3v) is 3.91. The van der Waals surface area contributed by atoms with Gasteiger partial charge in [0.05, 0.1) is 0 Å². The Bertz CT molecular complexity index is 445. The molecule has 0 bridgehead atoms. The minimum absolute atomic E-state index is 0.101. The molecule has 1 heterocycles. The van der Waals surface area contributed by atoms with Crippen LogP contribution in [0.4, 0.5) is 0 Å². The second-order valence-electron chi connectivity index (χ2n) is 4.83. The van der Waals surface area contributed by atoms with Gasteiger partial charge < -0.3 is 10.6 Å². The molecule has 1 aliphatic heterocycles. The number of carbonyl (C=O) groups excluding carboxylic acids is 1. The maximum Gasteiger partial charge on any atom is 0.221 e. The number of benzene rings is 1. The van der Waals surface area contributed by atoms with Crippen LogP contribution in [0.25, 0.3) is 0 Å². The fraction of sp³-hybridized carbons (Fsp3) is 0.500. The highest BCUT2D eigenvalue weighted by Crippen LogP contribution is 2.21. The highest BCUT2D eigenvalue weighted by atomic mass is 35.5. The van der Waals surface area contributed by atoms with Crippen molar-refractivity contribution in [3.8, 4) is 0 Å². The highest BCUT2D eigenvalue weighted by molar-refractivity contribution is 6.35. The molecule has 1 saturated heterocycles. The fourth-order valence-electron chi connectivity index (χ4n) is 2.29. The van der Waals surface area contributed by atoms with Crippen LogP contribution in [0, 0.1) is 0 Å². The molecule has 1 aliphatic rings. The van der Waals surface area contributed by atoms with Crippen LogP contribution in [-0.4, -0.2) is 25.0 Å². The third-order valence-electron chi connectivity index (χ3n) is 3.33. The predicted octanol–water partition coefficient (Wildman–Crippen LogP) is 2.79. The van der Waals surface area contributed by atoms with Crippen LogP contribution in [0.5, 0.6) is 0 Å². The van der Waals surface area contributed by atoms with Crippen molar-refractivity contribution in [3.05, 3.63) is 33.8 Å². The highest BCUT2D eigenvalue weighted by Gasteiger charge is 2.17. The Balaban J connectivity index is 1.72. The molecule has 0 radical (unpaired) electrons. The lowest BCUT2D eigenvalue weighted by molar-refractivity contribution is -0.121. The van der Waals surface area contributed by atoms with Gasteiger partial charge >= 0.3 is 0 Å². The zero-order valence-electron chi connectivity index (χ0n) is 10.7. The largest absolute Gasteiger partial charge is 0.356 e. The van der Waals surface area contributed by atoms with E-state index in [2.05, 4.69) is 10.6 Å².